The van der Waals surface area contributed by atoms with E-state index in [0.29, 0.717) is 5.56 Å². The fourth-order valence-corrected chi connectivity index (χ4v) is 2.66. The Bertz CT molecular complexity index is 435. The van der Waals surface area contributed by atoms with E-state index in [1.54, 1.807) is 12.1 Å². The third-order valence-corrected chi connectivity index (χ3v) is 3.72. The summed E-state index contributed by atoms with van der Waals surface area (Å²) in [5.74, 6) is -0.291. The highest BCUT2D eigenvalue weighted by atomic mass is 79.9. The van der Waals surface area contributed by atoms with Gasteiger partial charge in [-0.2, -0.15) is 0 Å². The van der Waals surface area contributed by atoms with Crippen molar-refractivity contribution in [2.75, 3.05) is 6.54 Å². The van der Waals surface area contributed by atoms with Crippen LogP contribution in [0.3, 0.4) is 0 Å². The topological polar surface area (TPSA) is 20.3 Å². The molecule has 92 valence electrons. The summed E-state index contributed by atoms with van der Waals surface area (Å²) in [5.41, 5.74) is 0.462. The van der Waals surface area contributed by atoms with E-state index in [4.69, 9.17) is 0 Å². The second kappa shape index (κ2) is 5.17. The molecule has 1 aromatic carbocycles. The van der Waals surface area contributed by atoms with Crippen LogP contribution in [-0.4, -0.2) is 23.4 Å². The minimum absolute atomic E-state index is 0.0204. The van der Waals surface area contributed by atoms with Crippen molar-refractivity contribution < 1.29 is 9.18 Å². The summed E-state index contributed by atoms with van der Waals surface area (Å²) >= 11 is 3.29. The molecule has 0 bridgehead atoms. The number of carbonyl (C=O) groups excluding carboxylic acids is 1. The third-order valence-electron chi connectivity index (χ3n) is 3.22. The van der Waals surface area contributed by atoms with Gasteiger partial charge in [0.2, 0.25) is 5.91 Å². The fourth-order valence-electron chi connectivity index (χ4n) is 2.25. The lowest BCUT2D eigenvalue weighted by atomic mass is 10.1. The van der Waals surface area contributed by atoms with Gasteiger partial charge >= 0.3 is 0 Å². The molecule has 0 aliphatic carbocycles. The van der Waals surface area contributed by atoms with E-state index in [1.165, 1.54) is 6.07 Å². The second-order valence-corrected chi connectivity index (χ2v) is 5.41. The first-order chi connectivity index (χ1) is 8.08. The molecule has 17 heavy (non-hydrogen) atoms. The monoisotopic (exact) mass is 299 g/mol. The minimum Gasteiger partial charge on any atom is -0.340 e. The molecule has 0 radical (unpaired) electrons. The van der Waals surface area contributed by atoms with Gasteiger partial charge in [-0.1, -0.05) is 15.9 Å². The van der Waals surface area contributed by atoms with Crippen LogP contribution in [0.15, 0.2) is 22.7 Å². The van der Waals surface area contributed by atoms with Gasteiger partial charge in [0.05, 0.1) is 6.42 Å². The average molecular weight is 300 g/mol. The molecular weight excluding hydrogens is 285 g/mol. The number of benzene rings is 1. The zero-order chi connectivity index (χ0) is 12.4. The molecule has 1 atom stereocenters. The molecule has 4 heteroatoms. The highest BCUT2D eigenvalue weighted by Crippen LogP contribution is 2.20. The zero-order valence-electron chi connectivity index (χ0n) is 9.75. The molecule has 1 aliphatic rings. The van der Waals surface area contributed by atoms with Crippen LogP contribution in [0.1, 0.15) is 25.3 Å². The van der Waals surface area contributed by atoms with E-state index in [-0.39, 0.29) is 24.2 Å². The second-order valence-electron chi connectivity index (χ2n) is 4.49. The lowest BCUT2D eigenvalue weighted by Crippen LogP contribution is -2.34. The van der Waals surface area contributed by atoms with Crippen molar-refractivity contribution in [3.05, 3.63) is 34.1 Å². The van der Waals surface area contributed by atoms with Gasteiger partial charge in [-0.3, -0.25) is 4.79 Å². The quantitative estimate of drug-likeness (QED) is 0.821. The predicted octanol–water partition coefficient (Wildman–Crippen LogP) is 3.14. The van der Waals surface area contributed by atoms with Crippen LogP contribution < -0.4 is 0 Å². The van der Waals surface area contributed by atoms with Crippen LogP contribution in [0, 0.1) is 5.82 Å². The standard InChI is InChI=1S/C13H15BrFNO/c1-9-3-2-6-16(9)13(17)8-10-7-11(14)4-5-12(10)15/h4-5,7,9H,2-3,6,8H2,1H3/t9-/m0/s1. The van der Waals surface area contributed by atoms with Crippen LogP contribution in [0.4, 0.5) is 4.39 Å². The number of likely N-dealkylation sites (tertiary alicyclic amines) is 1. The van der Waals surface area contributed by atoms with Gasteiger partial charge in [0, 0.05) is 17.1 Å². The van der Waals surface area contributed by atoms with Gasteiger partial charge in [0.1, 0.15) is 5.82 Å². The largest absolute Gasteiger partial charge is 0.340 e. The van der Waals surface area contributed by atoms with Crippen molar-refractivity contribution >= 4 is 21.8 Å². The van der Waals surface area contributed by atoms with Gasteiger partial charge in [0.15, 0.2) is 0 Å². The van der Waals surface area contributed by atoms with Gasteiger partial charge in [-0.05, 0) is 43.5 Å². The summed E-state index contributed by atoms with van der Waals surface area (Å²) in [6.07, 6.45) is 2.25. The summed E-state index contributed by atoms with van der Waals surface area (Å²) in [6, 6.07) is 4.99. The fraction of sp³-hybridized carbons (Fsp3) is 0.462. The summed E-state index contributed by atoms with van der Waals surface area (Å²) in [5, 5.41) is 0. The molecule has 2 nitrogen and oxygen atoms in total. The smallest absolute Gasteiger partial charge is 0.227 e. The third kappa shape index (κ3) is 2.86. The van der Waals surface area contributed by atoms with Crippen molar-refractivity contribution in [1.82, 2.24) is 4.90 Å². The van der Waals surface area contributed by atoms with E-state index < -0.39 is 0 Å². The van der Waals surface area contributed by atoms with Crippen molar-refractivity contribution in [3.63, 3.8) is 0 Å². The van der Waals surface area contributed by atoms with Crippen molar-refractivity contribution in [1.29, 1.82) is 0 Å². The summed E-state index contributed by atoms with van der Waals surface area (Å²) in [6.45, 7) is 2.85. The number of nitrogens with zero attached hydrogens (tertiary/aromatic N) is 1. The minimum atomic E-state index is -0.312. The van der Waals surface area contributed by atoms with Gasteiger partial charge in [0.25, 0.3) is 0 Å². The first-order valence-corrected chi connectivity index (χ1v) is 6.60. The highest BCUT2D eigenvalue weighted by molar-refractivity contribution is 9.10. The molecule has 1 aliphatic heterocycles. The molecule has 0 N–H and O–H groups in total. The molecular formula is C13H15BrFNO. The molecule has 1 saturated heterocycles. The number of rotatable bonds is 2. The summed E-state index contributed by atoms with van der Waals surface area (Å²) < 4.78 is 14.3. The van der Waals surface area contributed by atoms with E-state index in [1.807, 2.05) is 11.8 Å². The maximum absolute atomic E-state index is 13.5. The molecule has 2 rings (SSSR count). The van der Waals surface area contributed by atoms with Crippen LogP contribution in [0.2, 0.25) is 0 Å². The highest BCUT2D eigenvalue weighted by Gasteiger charge is 2.25. The van der Waals surface area contributed by atoms with Crippen LogP contribution >= 0.6 is 15.9 Å². The average Bonchev–Trinajstić information content (AvgIpc) is 2.70. The molecule has 0 spiro atoms. The Balaban J connectivity index is 2.10. The number of hydrogen-bond donors (Lipinski definition) is 0. The number of hydrogen-bond acceptors (Lipinski definition) is 1. The Morgan fingerprint density at radius 1 is 1.59 bits per heavy atom. The van der Waals surface area contributed by atoms with Crippen molar-refractivity contribution in [2.24, 2.45) is 0 Å². The first kappa shape index (κ1) is 12.6. The van der Waals surface area contributed by atoms with Crippen molar-refractivity contribution in [3.8, 4) is 0 Å². The molecule has 1 heterocycles. The number of halogens is 2. The summed E-state index contributed by atoms with van der Waals surface area (Å²) in [7, 11) is 0. The van der Waals surface area contributed by atoms with Crippen LogP contribution in [0.25, 0.3) is 0 Å². The number of carbonyl (C=O) groups is 1. The lowest BCUT2D eigenvalue weighted by Gasteiger charge is -2.21. The molecule has 1 fully saturated rings. The normalized spacial score (nSPS) is 19.7. The zero-order valence-corrected chi connectivity index (χ0v) is 11.3. The van der Waals surface area contributed by atoms with Crippen LogP contribution in [0.5, 0.6) is 0 Å². The SMILES string of the molecule is C[C@H]1CCCN1C(=O)Cc1cc(Br)ccc1F. The molecule has 0 aromatic heterocycles. The van der Waals surface area contributed by atoms with E-state index in [2.05, 4.69) is 15.9 Å². The predicted molar refractivity (Wildman–Crippen MR) is 68.2 cm³/mol. The Hall–Kier alpha value is -0.900. The lowest BCUT2D eigenvalue weighted by molar-refractivity contribution is -0.131. The Kier molecular flexibility index (Phi) is 3.82. The van der Waals surface area contributed by atoms with Gasteiger partial charge in [-0.15, -0.1) is 0 Å². The van der Waals surface area contributed by atoms with E-state index >= 15 is 0 Å². The maximum atomic E-state index is 13.5. The van der Waals surface area contributed by atoms with Crippen molar-refractivity contribution in [2.45, 2.75) is 32.2 Å². The first-order valence-electron chi connectivity index (χ1n) is 5.81. The van der Waals surface area contributed by atoms with Crippen LogP contribution in [-0.2, 0) is 11.2 Å². The van der Waals surface area contributed by atoms with Gasteiger partial charge in [-0.25, -0.2) is 4.39 Å². The Morgan fingerprint density at radius 2 is 2.35 bits per heavy atom. The Labute approximate surface area is 109 Å². The summed E-state index contributed by atoms with van der Waals surface area (Å²) in [4.78, 5) is 13.9. The molecule has 1 aromatic rings. The number of amides is 1. The molecule has 0 saturated carbocycles. The Morgan fingerprint density at radius 3 is 3.00 bits per heavy atom. The van der Waals surface area contributed by atoms with E-state index in [0.717, 1.165) is 23.9 Å². The van der Waals surface area contributed by atoms with Gasteiger partial charge < -0.3 is 4.90 Å². The molecule has 0 unspecified atom stereocenters. The van der Waals surface area contributed by atoms with E-state index in [9.17, 15) is 9.18 Å². The maximum Gasteiger partial charge on any atom is 0.227 e. The molecule has 1 amide bonds.